The topological polar surface area (TPSA) is 24.8 Å². The van der Waals surface area contributed by atoms with Crippen molar-refractivity contribution in [2.24, 2.45) is 4.99 Å². The zero-order valence-corrected chi connectivity index (χ0v) is 15.2. The van der Waals surface area contributed by atoms with Crippen molar-refractivity contribution in [2.45, 2.75) is 20.8 Å². The third-order valence-electron chi connectivity index (χ3n) is 3.51. The number of hydrogen-bond acceptors (Lipinski definition) is 2. The maximum atomic E-state index is 6.03. The molecule has 2 rings (SSSR count). The molecule has 23 heavy (non-hydrogen) atoms. The molecule has 0 saturated heterocycles. The first-order valence-corrected chi connectivity index (χ1v) is 8.15. The molecule has 0 radical (unpaired) electrons. The Morgan fingerprint density at radius 1 is 1.09 bits per heavy atom. The molecule has 5 heteroatoms. The van der Waals surface area contributed by atoms with Crippen molar-refractivity contribution in [1.82, 2.24) is 4.90 Å². The molecule has 0 aliphatic carbocycles. The van der Waals surface area contributed by atoms with Gasteiger partial charge >= 0.3 is 0 Å². The number of aryl methyl sites for hydroxylation is 2. The molecule has 2 aromatic carbocycles. The number of halogens is 2. The second-order valence-corrected chi connectivity index (χ2v) is 6.21. The van der Waals surface area contributed by atoms with Gasteiger partial charge in [0.2, 0.25) is 0 Å². The van der Waals surface area contributed by atoms with E-state index in [1.807, 2.05) is 44.3 Å². The van der Waals surface area contributed by atoms with Gasteiger partial charge in [-0.05, 0) is 56.2 Å². The highest BCUT2D eigenvalue weighted by atomic mass is 35.5. The number of benzene rings is 2. The quantitative estimate of drug-likeness (QED) is 0.486. The predicted octanol–water partition coefficient (Wildman–Crippen LogP) is 6.01. The normalized spacial score (nSPS) is 11.0. The number of ether oxygens (including phenoxy) is 1. The van der Waals surface area contributed by atoms with Crippen molar-refractivity contribution in [3.8, 4) is 11.5 Å². The first kappa shape index (κ1) is 17.6. The Morgan fingerprint density at radius 2 is 1.83 bits per heavy atom. The standard InChI is InChI=1S/C18H20Cl2N2O/c1-5-22(4)11-21-17-8-13(3)18(9-12(17)2)23-14-6-7-15(19)16(20)10-14/h6-11H,5H2,1-4H3/b21-11+. The second kappa shape index (κ2) is 7.71. The summed E-state index contributed by atoms with van der Waals surface area (Å²) >= 11 is 12.0. The van der Waals surface area contributed by atoms with Gasteiger partial charge in [-0.2, -0.15) is 0 Å². The molecule has 3 nitrogen and oxygen atoms in total. The summed E-state index contributed by atoms with van der Waals surface area (Å²) in [4.78, 5) is 6.54. The minimum atomic E-state index is 0.474. The van der Waals surface area contributed by atoms with E-state index in [0.29, 0.717) is 15.8 Å². The van der Waals surface area contributed by atoms with Crippen LogP contribution in [0.1, 0.15) is 18.1 Å². The predicted molar refractivity (Wildman–Crippen MR) is 98.9 cm³/mol. The molecular weight excluding hydrogens is 331 g/mol. The average molecular weight is 351 g/mol. The van der Waals surface area contributed by atoms with Gasteiger partial charge in [0.25, 0.3) is 0 Å². The van der Waals surface area contributed by atoms with Crippen molar-refractivity contribution < 1.29 is 4.74 Å². The lowest BCUT2D eigenvalue weighted by atomic mass is 10.1. The van der Waals surface area contributed by atoms with Gasteiger partial charge in [0.05, 0.1) is 22.1 Å². The highest BCUT2D eigenvalue weighted by Gasteiger charge is 2.08. The minimum Gasteiger partial charge on any atom is -0.457 e. The van der Waals surface area contributed by atoms with Gasteiger partial charge in [0, 0.05) is 19.7 Å². The SMILES string of the molecule is CCN(C)/C=N/c1cc(C)c(Oc2ccc(Cl)c(Cl)c2)cc1C. The van der Waals surface area contributed by atoms with Crippen molar-refractivity contribution in [3.05, 3.63) is 51.5 Å². The Kier molecular flexibility index (Phi) is 5.91. The number of nitrogens with zero attached hydrogens (tertiary/aromatic N) is 2. The van der Waals surface area contributed by atoms with Crippen molar-refractivity contribution in [3.63, 3.8) is 0 Å². The van der Waals surface area contributed by atoms with Crippen LogP contribution in [0.2, 0.25) is 10.0 Å². The van der Waals surface area contributed by atoms with E-state index in [-0.39, 0.29) is 0 Å². The van der Waals surface area contributed by atoms with Crippen LogP contribution in [-0.4, -0.2) is 24.8 Å². The summed E-state index contributed by atoms with van der Waals surface area (Å²) in [5.41, 5.74) is 2.99. The van der Waals surface area contributed by atoms with Gasteiger partial charge in [0.15, 0.2) is 0 Å². The molecular formula is C18H20Cl2N2O. The van der Waals surface area contributed by atoms with Crippen LogP contribution in [0.4, 0.5) is 5.69 Å². The summed E-state index contributed by atoms with van der Waals surface area (Å²) in [5.74, 6) is 1.44. The van der Waals surface area contributed by atoms with Crippen LogP contribution in [0.5, 0.6) is 11.5 Å². The summed E-state index contributed by atoms with van der Waals surface area (Å²) in [6.45, 7) is 7.01. The van der Waals surface area contributed by atoms with Crippen molar-refractivity contribution >= 4 is 35.2 Å². The molecule has 2 aromatic rings. The summed E-state index contributed by atoms with van der Waals surface area (Å²) < 4.78 is 5.92. The van der Waals surface area contributed by atoms with Crippen LogP contribution in [0, 0.1) is 13.8 Å². The molecule has 0 unspecified atom stereocenters. The summed E-state index contributed by atoms with van der Waals surface area (Å²) in [7, 11) is 1.99. The zero-order valence-electron chi connectivity index (χ0n) is 13.7. The highest BCUT2D eigenvalue weighted by Crippen LogP contribution is 2.33. The van der Waals surface area contributed by atoms with Gasteiger partial charge in [0.1, 0.15) is 11.5 Å². The highest BCUT2D eigenvalue weighted by molar-refractivity contribution is 6.42. The van der Waals surface area contributed by atoms with Crippen LogP contribution >= 0.6 is 23.2 Å². The lowest BCUT2D eigenvalue weighted by Gasteiger charge is -2.13. The second-order valence-electron chi connectivity index (χ2n) is 5.40. The van der Waals surface area contributed by atoms with E-state index in [1.165, 1.54) is 0 Å². The smallest absolute Gasteiger partial charge is 0.130 e. The molecule has 0 spiro atoms. The third-order valence-corrected chi connectivity index (χ3v) is 4.24. The molecule has 0 fully saturated rings. The molecule has 0 amide bonds. The van der Waals surface area contributed by atoms with E-state index in [0.717, 1.165) is 29.1 Å². The fourth-order valence-corrected chi connectivity index (χ4v) is 2.22. The Labute approximate surface area is 147 Å². The maximum Gasteiger partial charge on any atom is 0.130 e. The Morgan fingerprint density at radius 3 is 2.48 bits per heavy atom. The van der Waals surface area contributed by atoms with Crippen molar-refractivity contribution in [1.29, 1.82) is 0 Å². The van der Waals surface area contributed by atoms with Crippen molar-refractivity contribution in [2.75, 3.05) is 13.6 Å². The first-order valence-electron chi connectivity index (χ1n) is 7.39. The molecule has 0 saturated carbocycles. The van der Waals surface area contributed by atoms with Gasteiger partial charge in [-0.3, -0.25) is 0 Å². The van der Waals surface area contributed by atoms with Crippen LogP contribution in [-0.2, 0) is 0 Å². The first-order chi connectivity index (χ1) is 10.9. The summed E-state index contributed by atoms with van der Waals surface area (Å²) in [5, 5.41) is 0.985. The maximum absolute atomic E-state index is 6.03. The van der Waals surface area contributed by atoms with E-state index < -0.39 is 0 Å². The number of aliphatic imine (C=N–C) groups is 1. The molecule has 0 bridgehead atoms. The fourth-order valence-electron chi connectivity index (χ4n) is 1.93. The fraction of sp³-hybridized carbons (Fsp3) is 0.278. The van der Waals surface area contributed by atoms with Crippen LogP contribution < -0.4 is 4.74 Å². The van der Waals surface area contributed by atoms with Gasteiger partial charge in [-0.15, -0.1) is 0 Å². The van der Waals surface area contributed by atoms with Gasteiger partial charge < -0.3 is 9.64 Å². The largest absolute Gasteiger partial charge is 0.457 e. The molecule has 0 aliphatic heterocycles. The Bertz CT molecular complexity index is 729. The van der Waals surface area contributed by atoms with E-state index in [9.17, 15) is 0 Å². The third kappa shape index (κ3) is 4.63. The molecule has 0 atom stereocenters. The minimum absolute atomic E-state index is 0.474. The molecule has 0 aliphatic rings. The van der Waals surface area contributed by atoms with E-state index in [1.54, 1.807) is 18.2 Å². The van der Waals surface area contributed by atoms with Gasteiger partial charge in [-0.1, -0.05) is 23.2 Å². The average Bonchev–Trinajstić information content (AvgIpc) is 2.52. The Hall–Kier alpha value is -1.71. The number of hydrogen-bond donors (Lipinski definition) is 0. The monoisotopic (exact) mass is 350 g/mol. The van der Waals surface area contributed by atoms with E-state index in [2.05, 4.69) is 11.9 Å². The lowest BCUT2D eigenvalue weighted by Crippen LogP contribution is -2.14. The zero-order chi connectivity index (χ0) is 17.0. The van der Waals surface area contributed by atoms with Crippen LogP contribution in [0.3, 0.4) is 0 Å². The molecule has 0 heterocycles. The molecule has 122 valence electrons. The van der Waals surface area contributed by atoms with Crippen LogP contribution in [0.15, 0.2) is 35.3 Å². The summed E-state index contributed by atoms with van der Waals surface area (Å²) in [6.07, 6.45) is 1.83. The van der Waals surface area contributed by atoms with E-state index in [4.69, 9.17) is 27.9 Å². The van der Waals surface area contributed by atoms with E-state index >= 15 is 0 Å². The summed E-state index contributed by atoms with van der Waals surface area (Å²) in [6, 6.07) is 9.23. The number of rotatable bonds is 5. The Balaban J connectivity index is 2.25. The van der Waals surface area contributed by atoms with Crippen LogP contribution in [0.25, 0.3) is 0 Å². The van der Waals surface area contributed by atoms with Gasteiger partial charge in [-0.25, -0.2) is 4.99 Å². The lowest BCUT2D eigenvalue weighted by molar-refractivity contribution is 0.478. The molecule has 0 aromatic heterocycles. The molecule has 0 N–H and O–H groups in total.